The lowest BCUT2D eigenvalue weighted by Gasteiger charge is -2.24. The molecule has 3 rings (SSSR count). The lowest BCUT2D eigenvalue weighted by atomic mass is 10.0. The predicted octanol–water partition coefficient (Wildman–Crippen LogP) is 2.26. The Bertz CT molecular complexity index is 907. The second kappa shape index (κ2) is 8.55. The molecule has 150 valence electrons. The molecular formula is C21H21N3O5. The maximum atomic E-state index is 12.7. The number of nitrogens with one attached hydrogen (secondary N) is 2. The zero-order chi connectivity index (χ0) is 21.0. The van der Waals surface area contributed by atoms with Gasteiger partial charge >= 0.3 is 6.09 Å². The fraction of sp³-hybridized carbons (Fsp3) is 0.238. The average Bonchev–Trinajstić information content (AvgIpc) is 2.96. The Morgan fingerprint density at radius 1 is 0.931 bits per heavy atom. The number of hydrazine groups is 1. The van der Waals surface area contributed by atoms with Crippen LogP contribution < -0.4 is 10.7 Å². The van der Waals surface area contributed by atoms with Crippen molar-refractivity contribution in [3.63, 3.8) is 0 Å². The van der Waals surface area contributed by atoms with Crippen molar-refractivity contribution in [1.82, 2.24) is 15.8 Å². The molecule has 0 bridgehead atoms. The van der Waals surface area contributed by atoms with Crippen molar-refractivity contribution in [3.8, 4) is 0 Å². The van der Waals surface area contributed by atoms with Gasteiger partial charge in [-0.05, 0) is 23.6 Å². The standard InChI is InChI=1S/C21H21N3O5/c1-13(2)17(22-21(28)29-12-14-8-4-3-5-9-14)18(25)23-24-19(26)15-10-6-7-11-16(15)20(24)27/h3-11,13,17H,12H2,1-2H3,(H,22,28)(H,23,25). The Morgan fingerprint density at radius 3 is 2.03 bits per heavy atom. The SMILES string of the molecule is CC(C)C(NC(=O)OCc1ccccc1)C(=O)NN1C(=O)c2ccccc2C1=O. The van der Waals surface area contributed by atoms with Crippen LogP contribution >= 0.6 is 0 Å². The first kappa shape index (κ1) is 20.1. The Balaban J connectivity index is 1.62. The molecule has 1 heterocycles. The van der Waals surface area contributed by atoms with E-state index in [4.69, 9.17) is 4.74 Å². The predicted molar refractivity (Wildman–Crippen MR) is 103 cm³/mol. The van der Waals surface area contributed by atoms with Gasteiger partial charge in [-0.2, -0.15) is 5.01 Å². The second-order valence-electron chi connectivity index (χ2n) is 6.90. The van der Waals surface area contributed by atoms with E-state index in [1.165, 1.54) is 12.1 Å². The Morgan fingerprint density at radius 2 is 1.48 bits per heavy atom. The summed E-state index contributed by atoms with van der Waals surface area (Å²) in [5.74, 6) is -2.23. The van der Waals surface area contributed by atoms with Crippen LogP contribution in [0, 0.1) is 5.92 Å². The third-order valence-corrected chi connectivity index (χ3v) is 4.45. The molecule has 0 spiro atoms. The van der Waals surface area contributed by atoms with Crippen molar-refractivity contribution in [2.24, 2.45) is 5.92 Å². The highest BCUT2D eigenvalue weighted by Gasteiger charge is 2.38. The van der Waals surface area contributed by atoms with E-state index in [1.807, 2.05) is 30.3 Å². The smallest absolute Gasteiger partial charge is 0.408 e. The highest BCUT2D eigenvalue weighted by Crippen LogP contribution is 2.21. The number of carbonyl (C=O) groups excluding carboxylic acids is 4. The van der Waals surface area contributed by atoms with Crippen molar-refractivity contribution < 1.29 is 23.9 Å². The molecule has 1 aliphatic heterocycles. The molecule has 2 N–H and O–H groups in total. The molecule has 2 aromatic rings. The quantitative estimate of drug-likeness (QED) is 0.730. The van der Waals surface area contributed by atoms with Crippen LogP contribution in [0.5, 0.6) is 0 Å². The largest absolute Gasteiger partial charge is 0.445 e. The number of hydrogen-bond acceptors (Lipinski definition) is 5. The molecule has 8 heteroatoms. The summed E-state index contributed by atoms with van der Waals surface area (Å²) in [6.07, 6.45) is -0.773. The molecule has 8 nitrogen and oxygen atoms in total. The van der Waals surface area contributed by atoms with Gasteiger partial charge in [0.1, 0.15) is 12.6 Å². The van der Waals surface area contributed by atoms with Gasteiger partial charge in [0.05, 0.1) is 11.1 Å². The second-order valence-corrected chi connectivity index (χ2v) is 6.90. The van der Waals surface area contributed by atoms with Gasteiger partial charge in [-0.1, -0.05) is 56.3 Å². The van der Waals surface area contributed by atoms with Crippen molar-refractivity contribution in [2.45, 2.75) is 26.5 Å². The molecule has 2 aromatic carbocycles. The minimum Gasteiger partial charge on any atom is -0.445 e. The molecule has 1 atom stereocenters. The van der Waals surface area contributed by atoms with Crippen LogP contribution in [0.15, 0.2) is 54.6 Å². The number of ether oxygens (including phenoxy) is 1. The maximum absolute atomic E-state index is 12.7. The third kappa shape index (κ3) is 4.43. The van der Waals surface area contributed by atoms with E-state index in [1.54, 1.807) is 26.0 Å². The molecule has 29 heavy (non-hydrogen) atoms. The van der Waals surface area contributed by atoms with E-state index in [9.17, 15) is 19.2 Å². The summed E-state index contributed by atoms with van der Waals surface area (Å²) in [6.45, 7) is 3.51. The average molecular weight is 395 g/mol. The molecule has 0 aliphatic carbocycles. The Labute approximate surface area is 167 Å². The fourth-order valence-corrected chi connectivity index (χ4v) is 2.90. The summed E-state index contributed by atoms with van der Waals surface area (Å²) in [5, 5.41) is 3.15. The first-order chi connectivity index (χ1) is 13.9. The molecule has 0 radical (unpaired) electrons. The van der Waals surface area contributed by atoms with Gasteiger partial charge in [0.2, 0.25) is 0 Å². The summed E-state index contributed by atoms with van der Waals surface area (Å²) in [6, 6.07) is 14.4. The van der Waals surface area contributed by atoms with E-state index < -0.39 is 29.9 Å². The van der Waals surface area contributed by atoms with Gasteiger partial charge in [0.25, 0.3) is 17.7 Å². The monoisotopic (exact) mass is 395 g/mol. The van der Waals surface area contributed by atoms with E-state index in [-0.39, 0.29) is 23.7 Å². The molecule has 0 aromatic heterocycles. The number of benzene rings is 2. The molecule has 0 saturated heterocycles. The highest BCUT2D eigenvalue weighted by atomic mass is 16.5. The van der Waals surface area contributed by atoms with Gasteiger partial charge in [-0.15, -0.1) is 0 Å². The topological polar surface area (TPSA) is 105 Å². The molecule has 1 unspecified atom stereocenters. The van der Waals surface area contributed by atoms with Crippen LogP contribution in [0.3, 0.4) is 0 Å². The molecular weight excluding hydrogens is 374 g/mol. The maximum Gasteiger partial charge on any atom is 0.408 e. The van der Waals surface area contributed by atoms with Crippen LogP contribution in [0.25, 0.3) is 0 Å². The molecule has 0 fully saturated rings. The van der Waals surface area contributed by atoms with Crippen LogP contribution in [-0.2, 0) is 16.1 Å². The highest BCUT2D eigenvalue weighted by molar-refractivity contribution is 6.21. The number of fused-ring (bicyclic) bond motifs is 1. The number of nitrogens with zero attached hydrogens (tertiary/aromatic N) is 1. The first-order valence-corrected chi connectivity index (χ1v) is 9.14. The number of rotatable bonds is 6. The van der Waals surface area contributed by atoms with Gasteiger partial charge in [0, 0.05) is 0 Å². The van der Waals surface area contributed by atoms with E-state index in [2.05, 4.69) is 10.7 Å². The van der Waals surface area contributed by atoms with Crippen molar-refractivity contribution in [3.05, 3.63) is 71.3 Å². The van der Waals surface area contributed by atoms with Gasteiger partial charge in [-0.25, -0.2) is 4.79 Å². The Hall–Kier alpha value is -3.68. The van der Waals surface area contributed by atoms with Crippen molar-refractivity contribution in [1.29, 1.82) is 0 Å². The summed E-state index contributed by atoms with van der Waals surface area (Å²) >= 11 is 0. The lowest BCUT2D eigenvalue weighted by Crippen LogP contribution is -2.55. The fourth-order valence-electron chi connectivity index (χ4n) is 2.90. The zero-order valence-corrected chi connectivity index (χ0v) is 16.0. The minimum absolute atomic E-state index is 0.0531. The summed E-state index contributed by atoms with van der Waals surface area (Å²) in [4.78, 5) is 49.6. The summed E-state index contributed by atoms with van der Waals surface area (Å²) < 4.78 is 5.14. The molecule has 4 amide bonds. The lowest BCUT2D eigenvalue weighted by molar-refractivity contribution is -0.127. The van der Waals surface area contributed by atoms with Gasteiger partial charge in [-0.3, -0.25) is 19.8 Å². The third-order valence-electron chi connectivity index (χ3n) is 4.45. The van der Waals surface area contributed by atoms with Crippen LogP contribution in [-0.4, -0.2) is 34.9 Å². The summed E-state index contributed by atoms with van der Waals surface area (Å²) in [7, 11) is 0. The zero-order valence-electron chi connectivity index (χ0n) is 16.0. The number of amides is 4. The van der Waals surface area contributed by atoms with Crippen LogP contribution in [0.1, 0.15) is 40.1 Å². The first-order valence-electron chi connectivity index (χ1n) is 9.14. The normalized spacial score (nSPS) is 13.8. The molecule has 0 saturated carbocycles. The Kier molecular flexibility index (Phi) is 5.92. The number of alkyl carbamates (subject to hydrolysis) is 1. The number of hydrogen-bond donors (Lipinski definition) is 2. The number of imide groups is 1. The number of carbonyl (C=O) groups is 4. The van der Waals surface area contributed by atoms with Crippen molar-refractivity contribution in [2.75, 3.05) is 0 Å². The molecule has 1 aliphatic rings. The van der Waals surface area contributed by atoms with Crippen molar-refractivity contribution >= 4 is 23.8 Å². The van der Waals surface area contributed by atoms with Gasteiger partial charge < -0.3 is 10.1 Å². The van der Waals surface area contributed by atoms with Crippen LogP contribution in [0.2, 0.25) is 0 Å². The van der Waals surface area contributed by atoms with Crippen LogP contribution in [0.4, 0.5) is 4.79 Å². The minimum atomic E-state index is -0.998. The summed E-state index contributed by atoms with van der Waals surface area (Å²) in [5.41, 5.74) is 3.55. The van der Waals surface area contributed by atoms with Gasteiger partial charge in [0.15, 0.2) is 0 Å². The van der Waals surface area contributed by atoms with E-state index >= 15 is 0 Å². The van der Waals surface area contributed by atoms with E-state index in [0.29, 0.717) is 5.01 Å². The van der Waals surface area contributed by atoms with E-state index in [0.717, 1.165) is 5.56 Å².